The Labute approximate surface area is 120 Å². The maximum absolute atomic E-state index is 12.2. The number of rotatable bonds is 2. The molecule has 0 amide bonds. The van der Waals surface area contributed by atoms with E-state index in [2.05, 4.69) is 49.6 Å². The van der Waals surface area contributed by atoms with E-state index in [1.807, 2.05) is 12.3 Å². The third kappa shape index (κ3) is 2.20. The van der Waals surface area contributed by atoms with Gasteiger partial charge in [-0.25, -0.2) is 0 Å². The largest absolute Gasteiger partial charge is 0.320 e. The van der Waals surface area contributed by atoms with E-state index in [9.17, 15) is 4.79 Å². The van der Waals surface area contributed by atoms with Crippen molar-refractivity contribution in [2.45, 2.75) is 40.0 Å². The van der Waals surface area contributed by atoms with Gasteiger partial charge in [-0.1, -0.05) is 32.9 Å². The molecule has 0 bridgehead atoms. The molecule has 1 aliphatic rings. The molecule has 2 aromatic rings. The van der Waals surface area contributed by atoms with Crippen molar-refractivity contribution in [2.75, 3.05) is 0 Å². The molecule has 0 saturated heterocycles. The first-order valence-corrected chi connectivity index (χ1v) is 7.33. The molecular formula is C18H21NO. The number of benzene rings is 1. The van der Waals surface area contributed by atoms with E-state index in [0.29, 0.717) is 6.42 Å². The van der Waals surface area contributed by atoms with Crippen LogP contribution < -0.4 is 0 Å². The molecule has 1 aromatic carbocycles. The Morgan fingerprint density at radius 1 is 1.10 bits per heavy atom. The molecule has 0 radical (unpaired) electrons. The summed E-state index contributed by atoms with van der Waals surface area (Å²) in [6.45, 7) is 6.50. The average molecular weight is 267 g/mol. The second kappa shape index (κ2) is 4.62. The van der Waals surface area contributed by atoms with E-state index >= 15 is 0 Å². The van der Waals surface area contributed by atoms with Crippen LogP contribution in [0.15, 0.2) is 36.5 Å². The fraction of sp³-hybridized carbons (Fsp3) is 0.389. The number of carbonyl (C=O) groups is 1. The second-order valence-electron chi connectivity index (χ2n) is 6.51. The number of Topliss-reactive ketones (excluding diaryl/α,β-unsaturated/α-hetero) is 1. The number of fused-ring (bicyclic) bond motifs is 1. The van der Waals surface area contributed by atoms with Crippen molar-refractivity contribution in [1.82, 2.24) is 4.57 Å². The van der Waals surface area contributed by atoms with Gasteiger partial charge in [0.15, 0.2) is 5.78 Å². The number of hydrogen-bond acceptors (Lipinski definition) is 1. The summed E-state index contributed by atoms with van der Waals surface area (Å²) in [4.78, 5) is 12.2. The van der Waals surface area contributed by atoms with Crippen LogP contribution >= 0.6 is 0 Å². The van der Waals surface area contributed by atoms with Crippen LogP contribution in [0.3, 0.4) is 0 Å². The quantitative estimate of drug-likeness (QED) is 0.799. The lowest BCUT2D eigenvalue weighted by molar-refractivity contribution is 0.0911. The molecular weight excluding hydrogens is 246 g/mol. The molecule has 0 atom stereocenters. The predicted octanol–water partition coefficient (Wildman–Crippen LogP) is 4.19. The summed E-state index contributed by atoms with van der Waals surface area (Å²) < 4.78 is 2.17. The first-order valence-electron chi connectivity index (χ1n) is 7.33. The second-order valence-corrected chi connectivity index (χ2v) is 6.51. The van der Waals surface area contributed by atoms with Gasteiger partial charge in [-0.05, 0) is 42.0 Å². The van der Waals surface area contributed by atoms with Gasteiger partial charge >= 0.3 is 0 Å². The van der Waals surface area contributed by atoms with Gasteiger partial charge in [0.1, 0.15) is 0 Å². The molecule has 0 fully saturated rings. The molecule has 1 aromatic heterocycles. The Kier molecular flexibility index (Phi) is 3.04. The zero-order valence-electron chi connectivity index (χ0n) is 12.4. The van der Waals surface area contributed by atoms with E-state index in [0.717, 1.165) is 29.8 Å². The number of hydrogen-bond donors (Lipinski definition) is 0. The molecule has 2 heteroatoms. The predicted molar refractivity (Wildman–Crippen MR) is 81.6 cm³/mol. The zero-order chi connectivity index (χ0) is 14.3. The summed E-state index contributed by atoms with van der Waals surface area (Å²) >= 11 is 0. The molecule has 1 heterocycles. The third-order valence-corrected chi connectivity index (χ3v) is 4.20. The van der Waals surface area contributed by atoms with Gasteiger partial charge in [0.05, 0.1) is 0 Å². The van der Waals surface area contributed by atoms with Crippen molar-refractivity contribution in [3.8, 4) is 5.69 Å². The van der Waals surface area contributed by atoms with Crippen molar-refractivity contribution in [3.05, 3.63) is 53.3 Å². The van der Waals surface area contributed by atoms with Crippen LogP contribution in [0.25, 0.3) is 5.69 Å². The minimum Gasteiger partial charge on any atom is -0.320 e. The highest BCUT2D eigenvalue weighted by molar-refractivity contribution is 5.99. The van der Waals surface area contributed by atoms with E-state index < -0.39 is 0 Å². The maximum atomic E-state index is 12.2. The summed E-state index contributed by atoms with van der Waals surface area (Å²) in [5, 5.41) is 0. The lowest BCUT2D eigenvalue weighted by atomic mass is 9.76. The van der Waals surface area contributed by atoms with Crippen LogP contribution in [0.2, 0.25) is 0 Å². The lowest BCUT2D eigenvalue weighted by Crippen LogP contribution is -2.27. The van der Waals surface area contributed by atoms with E-state index in [1.165, 1.54) is 5.56 Å². The van der Waals surface area contributed by atoms with Crippen LogP contribution in [-0.4, -0.2) is 10.4 Å². The summed E-state index contributed by atoms with van der Waals surface area (Å²) in [5.41, 5.74) is 4.61. The van der Waals surface area contributed by atoms with E-state index in [1.54, 1.807) is 0 Å². The normalized spacial score (nSPS) is 17.1. The third-order valence-electron chi connectivity index (χ3n) is 4.20. The van der Waals surface area contributed by atoms with Gasteiger partial charge in [-0.3, -0.25) is 4.79 Å². The SMILES string of the molecule is CCc1ccc(-n2ccc3c2CC(C)(C)CC3=O)cc1. The summed E-state index contributed by atoms with van der Waals surface area (Å²) in [6.07, 6.45) is 4.69. The highest BCUT2D eigenvalue weighted by Crippen LogP contribution is 2.36. The molecule has 2 nitrogen and oxygen atoms in total. The van der Waals surface area contributed by atoms with Crippen molar-refractivity contribution in [1.29, 1.82) is 0 Å². The van der Waals surface area contributed by atoms with Crippen LogP contribution in [0.5, 0.6) is 0 Å². The van der Waals surface area contributed by atoms with Crippen molar-refractivity contribution in [3.63, 3.8) is 0 Å². The van der Waals surface area contributed by atoms with Crippen molar-refractivity contribution < 1.29 is 4.79 Å². The molecule has 3 rings (SSSR count). The fourth-order valence-electron chi connectivity index (χ4n) is 3.08. The fourth-order valence-corrected chi connectivity index (χ4v) is 3.08. The molecule has 0 unspecified atom stereocenters. The monoisotopic (exact) mass is 267 g/mol. The molecule has 20 heavy (non-hydrogen) atoms. The topological polar surface area (TPSA) is 22.0 Å². The Morgan fingerprint density at radius 3 is 2.45 bits per heavy atom. The molecule has 0 saturated carbocycles. The number of aromatic nitrogens is 1. The number of nitrogens with zero attached hydrogens (tertiary/aromatic N) is 1. The highest BCUT2D eigenvalue weighted by Gasteiger charge is 2.33. The Bertz CT molecular complexity index is 647. The Hall–Kier alpha value is -1.83. The van der Waals surface area contributed by atoms with Gasteiger partial charge in [0.25, 0.3) is 0 Å². The first-order chi connectivity index (χ1) is 9.50. The van der Waals surface area contributed by atoms with Crippen LogP contribution in [0.4, 0.5) is 0 Å². The molecule has 1 aliphatic carbocycles. The molecule has 0 spiro atoms. The molecule has 104 valence electrons. The lowest BCUT2D eigenvalue weighted by Gasteiger charge is -2.29. The van der Waals surface area contributed by atoms with Gasteiger partial charge in [-0.15, -0.1) is 0 Å². The minimum atomic E-state index is 0.0591. The average Bonchev–Trinajstić information content (AvgIpc) is 2.81. The van der Waals surface area contributed by atoms with E-state index in [-0.39, 0.29) is 11.2 Å². The molecule has 0 aliphatic heterocycles. The van der Waals surface area contributed by atoms with Gasteiger partial charge in [0, 0.05) is 29.6 Å². The van der Waals surface area contributed by atoms with Crippen LogP contribution in [0, 0.1) is 5.41 Å². The number of ketones is 1. The summed E-state index contributed by atoms with van der Waals surface area (Å²) in [6, 6.07) is 10.6. The zero-order valence-corrected chi connectivity index (χ0v) is 12.4. The first kappa shape index (κ1) is 13.2. The van der Waals surface area contributed by atoms with Gasteiger partial charge in [-0.2, -0.15) is 0 Å². The maximum Gasteiger partial charge on any atom is 0.165 e. The van der Waals surface area contributed by atoms with Crippen LogP contribution in [0.1, 0.15) is 48.8 Å². The highest BCUT2D eigenvalue weighted by atomic mass is 16.1. The standard InChI is InChI=1S/C18H21NO/c1-4-13-5-7-14(8-6-13)19-10-9-15-16(19)11-18(2,3)12-17(15)20/h5-10H,4,11-12H2,1-3H3. The van der Waals surface area contributed by atoms with Gasteiger partial charge < -0.3 is 4.57 Å². The van der Waals surface area contributed by atoms with Crippen molar-refractivity contribution in [2.24, 2.45) is 5.41 Å². The molecule has 0 N–H and O–H groups in total. The summed E-state index contributed by atoms with van der Waals surface area (Å²) in [7, 11) is 0. The van der Waals surface area contributed by atoms with E-state index in [4.69, 9.17) is 0 Å². The number of aryl methyl sites for hydroxylation is 1. The van der Waals surface area contributed by atoms with Crippen molar-refractivity contribution >= 4 is 5.78 Å². The van der Waals surface area contributed by atoms with Crippen LogP contribution in [-0.2, 0) is 12.8 Å². The minimum absolute atomic E-state index is 0.0591. The van der Waals surface area contributed by atoms with Gasteiger partial charge in [0.2, 0.25) is 0 Å². The Morgan fingerprint density at radius 2 is 1.80 bits per heavy atom. The number of carbonyl (C=O) groups excluding carboxylic acids is 1. The summed E-state index contributed by atoms with van der Waals surface area (Å²) in [5.74, 6) is 0.278. The smallest absolute Gasteiger partial charge is 0.165 e. The Balaban J connectivity index is 2.05.